The second-order valence-corrected chi connectivity index (χ2v) is 7.85. The Morgan fingerprint density at radius 3 is 2.60 bits per heavy atom. The molecule has 1 fully saturated rings. The number of benzene rings is 1. The van der Waals surface area contributed by atoms with Gasteiger partial charge in [-0.25, -0.2) is 13.6 Å². The molecule has 134 valence electrons. The van der Waals surface area contributed by atoms with Gasteiger partial charge in [0.05, 0.1) is 17.5 Å². The molecule has 1 saturated heterocycles. The predicted octanol–water partition coefficient (Wildman–Crippen LogP) is 1.45. The van der Waals surface area contributed by atoms with Gasteiger partial charge < -0.3 is 9.88 Å². The first kappa shape index (κ1) is 17.7. The number of carbonyl (C=O) groups excluding carboxylic acids is 1. The molecular formula is C17H22N4O3S. The predicted molar refractivity (Wildman–Crippen MR) is 95.4 cm³/mol. The number of amides is 1. The molecule has 2 heterocycles. The fourth-order valence-corrected chi connectivity index (χ4v) is 3.80. The molecule has 2 aromatic rings. The van der Waals surface area contributed by atoms with Crippen LogP contribution in [0.3, 0.4) is 0 Å². The van der Waals surface area contributed by atoms with E-state index in [0.717, 1.165) is 19.4 Å². The number of likely N-dealkylation sites (tertiary alicyclic amines) is 1. The van der Waals surface area contributed by atoms with Gasteiger partial charge in [-0.2, -0.15) is 0 Å². The topological polar surface area (TPSA) is 97.4 Å². The molecule has 1 atom stereocenters. The zero-order chi connectivity index (χ0) is 18.0. The van der Waals surface area contributed by atoms with Gasteiger partial charge in [-0.3, -0.25) is 9.69 Å². The molecule has 1 aliphatic heterocycles. The van der Waals surface area contributed by atoms with E-state index < -0.39 is 10.0 Å². The van der Waals surface area contributed by atoms with E-state index in [2.05, 4.69) is 20.9 Å². The summed E-state index contributed by atoms with van der Waals surface area (Å²) in [6, 6.07) is 10.2. The smallest absolute Gasteiger partial charge is 0.238 e. The molecule has 3 rings (SSSR count). The maximum absolute atomic E-state index is 12.3. The van der Waals surface area contributed by atoms with Crippen LogP contribution in [0.5, 0.6) is 0 Å². The monoisotopic (exact) mass is 362 g/mol. The van der Waals surface area contributed by atoms with Crippen LogP contribution in [0.4, 0.5) is 5.69 Å². The maximum Gasteiger partial charge on any atom is 0.238 e. The van der Waals surface area contributed by atoms with Crippen molar-refractivity contribution in [1.29, 1.82) is 0 Å². The number of aromatic nitrogens is 1. The number of nitrogens with one attached hydrogen (secondary N) is 1. The van der Waals surface area contributed by atoms with E-state index in [-0.39, 0.29) is 16.8 Å². The van der Waals surface area contributed by atoms with Gasteiger partial charge in [-0.15, -0.1) is 0 Å². The molecule has 1 aromatic heterocycles. The van der Waals surface area contributed by atoms with Crippen LogP contribution in [0, 0.1) is 0 Å². The number of carbonyl (C=O) groups is 1. The minimum atomic E-state index is -3.73. The molecule has 3 N–H and O–H groups in total. The number of rotatable bonds is 5. The third kappa shape index (κ3) is 4.09. The van der Waals surface area contributed by atoms with Crippen LogP contribution >= 0.6 is 0 Å². The Kier molecular flexibility index (Phi) is 4.94. The van der Waals surface area contributed by atoms with Crippen LogP contribution < -0.4 is 10.5 Å². The summed E-state index contributed by atoms with van der Waals surface area (Å²) in [6.45, 7) is 1.18. The number of nitrogens with zero attached hydrogens (tertiary/aromatic N) is 2. The van der Waals surface area contributed by atoms with Crippen molar-refractivity contribution in [3.05, 3.63) is 48.3 Å². The van der Waals surface area contributed by atoms with Crippen molar-refractivity contribution in [3.8, 4) is 0 Å². The van der Waals surface area contributed by atoms with E-state index in [1.54, 1.807) is 0 Å². The average Bonchev–Trinajstić information content (AvgIpc) is 3.15. The highest BCUT2D eigenvalue weighted by Gasteiger charge is 2.28. The standard InChI is InChI=1S/C17H22N4O3S/c1-20-10-2-4-15(20)16-5-3-11-21(16)12-17(22)19-13-6-8-14(9-7-13)25(18,23)24/h2,4,6-10,16H,3,5,11-12H2,1H3,(H,19,22)(H2,18,23,24)/t16-/m1/s1. The highest BCUT2D eigenvalue weighted by Crippen LogP contribution is 2.31. The first-order chi connectivity index (χ1) is 11.8. The normalized spacial score (nSPS) is 18.4. The van der Waals surface area contributed by atoms with Gasteiger partial charge in [0.15, 0.2) is 0 Å². The summed E-state index contributed by atoms with van der Waals surface area (Å²) in [7, 11) is -1.71. The van der Waals surface area contributed by atoms with Gasteiger partial charge in [0, 0.05) is 24.6 Å². The number of sulfonamides is 1. The first-order valence-corrected chi connectivity index (χ1v) is 9.67. The Hall–Kier alpha value is -2.16. The summed E-state index contributed by atoms with van der Waals surface area (Å²) >= 11 is 0. The summed E-state index contributed by atoms with van der Waals surface area (Å²) in [5, 5.41) is 7.87. The second-order valence-electron chi connectivity index (χ2n) is 6.29. The molecule has 0 radical (unpaired) electrons. The third-order valence-corrected chi connectivity index (χ3v) is 5.43. The van der Waals surface area contributed by atoms with Crippen molar-refractivity contribution >= 4 is 21.6 Å². The highest BCUT2D eigenvalue weighted by molar-refractivity contribution is 7.89. The number of hydrogen-bond donors (Lipinski definition) is 2. The lowest BCUT2D eigenvalue weighted by Crippen LogP contribution is -2.33. The van der Waals surface area contributed by atoms with E-state index in [9.17, 15) is 13.2 Å². The van der Waals surface area contributed by atoms with E-state index in [0.29, 0.717) is 12.2 Å². The fraction of sp³-hybridized carbons (Fsp3) is 0.353. The van der Waals surface area contributed by atoms with Gasteiger partial charge in [0.1, 0.15) is 0 Å². The zero-order valence-corrected chi connectivity index (χ0v) is 14.9. The van der Waals surface area contributed by atoms with Gasteiger partial charge in [0.2, 0.25) is 15.9 Å². The van der Waals surface area contributed by atoms with Gasteiger partial charge >= 0.3 is 0 Å². The SMILES string of the molecule is Cn1cccc1[C@H]1CCCN1CC(=O)Nc1ccc(S(N)(=O)=O)cc1. The summed E-state index contributed by atoms with van der Waals surface area (Å²) in [5.74, 6) is -0.121. The van der Waals surface area contributed by atoms with Crippen molar-refractivity contribution in [2.24, 2.45) is 12.2 Å². The summed E-state index contributed by atoms with van der Waals surface area (Å²) < 4.78 is 24.6. The highest BCUT2D eigenvalue weighted by atomic mass is 32.2. The van der Waals surface area contributed by atoms with E-state index >= 15 is 0 Å². The average molecular weight is 362 g/mol. The summed E-state index contributed by atoms with van der Waals surface area (Å²) in [5.41, 5.74) is 1.76. The number of nitrogens with two attached hydrogens (primary N) is 1. The zero-order valence-electron chi connectivity index (χ0n) is 14.1. The molecule has 7 nitrogen and oxygen atoms in total. The lowest BCUT2D eigenvalue weighted by Gasteiger charge is -2.24. The molecular weight excluding hydrogens is 340 g/mol. The van der Waals surface area contributed by atoms with Crippen LogP contribution in [0.2, 0.25) is 0 Å². The van der Waals surface area contributed by atoms with Gasteiger partial charge in [-0.1, -0.05) is 0 Å². The Labute approximate surface area is 147 Å². The molecule has 0 aliphatic carbocycles. The molecule has 1 aliphatic rings. The van der Waals surface area contributed by atoms with E-state index in [1.807, 2.05) is 19.3 Å². The Morgan fingerprint density at radius 1 is 1.28 bits per heavy atom. The number of hydrogen-bond acceptors (Lipinski definition) is 4. The molecule has 8 heteroatoms. The second kappa shape index (κ2) is 6.99. The lowest BCUT2D eigenvalue weighted by atomic mass is 10.1. The van der Waals surface area contributed by atoms with Gasteiger partial charge in [-0.05, 0) is 55.8 Å². The number of primary sulfonamides is 1. The van der Waals surface area contributed by atoms with Crippen molar-refractivity contribution in [2.45, 2.75) is 23.8 Å². The maximum atomic E-state index is 12.3. The molecule has 0 unspecified atom stereocenters. The number of anilines is 1. The minimum absolute atomic E-state index is 0.0220. The number of aryl methyl sites for hydroxylation is 1. The quantitative estimate of drug-likeness (QED) is 0.841. The minimum Gasteiger partial charge on any atom is -0.353 e. The third-order valence-electron chi connectivity index (χ3n) is 4.50. The fourth-order valence-electron chi connectivity index (χ4n) is 3.28. The van der Waals surface area contributed by atoms with Crippen molar-refractivity contribution in [3.63, 3.8) is 0 Å². The lowest BCUT2D eigenvalue weighted by molar-refractivity contribution is -0.117. The van der Waals surface area contributed by atoms with Crippen molar-refractivity contribution in [2.75, 3.05) is 18.4 Å². The van der Waals surface area contributed by atoms with Crippen LogP contribution in [0.1, 0.15) is 24.6 Å². The molecule has 25 heavy (non-hydrogen) atoms. The first-order valence-electron chi connectivity index (χ1n) is 8.12. The van der Waals surface area contributed by atoms with Crippen molar-refractivity contribution in [1.82, 2.24) is 9.47 Å². The molecule has 0 spiro atoms. The van der Waals surface area contributed by atoms with Crippen LogP contribution in [0.25, 0.3) is 0 Å². The Bertz CT molecular complexity index is 858. The van der Waals surface area contributed by atoms with Crippen LogP contribution in [-0.4, -0.2) is 36.9 Å². The molecule has 1 aromatic carbocycles. The summed E-state index contributed by atoms with van der Waals surface area (Å²) in [6.07, 6.45) is 4.11. The van der Waals surface area contributed by atoms with Crippen LogP contribution in [0.15, 0.2) is 47.5 Å². The van der Waals surface area contributed by atoms with E-state index in [4.69, 9.17) is 5.14 Å². The Morgan fingerprint density at radius 2 is 2.00 bits per heavy atom. The van der Waals surface area contributed by atoms with Crippen molar-refractivity contribution < 1.29 is 13.2 Å². The Balaban J connectivity index is 1.63. The van der Waals surface area contributed by atoms with Crippen LogP contribution in [-0.2, 0) is 21.9 Å². The molecule has 0 saturated carbocycles. The summed E-state index contributed by atoms with van der Waals surface area (Å²) in [4.78, 5) is 14.5. The van der Waals surface area contributed by atoms with E-state index in [1.165, 1.54) is 30.0 Å². The molecule has 0 bridgehead atoms. The molecule has 1 amide bonds. The largest absolute Gasteiger partial charge is 0.353 e. The van der Waals surface area contributed by atoms with Gasteiger partial charge in [0.25, 0.3) is 0 Å².